The number of benzene rings is 1. The molecule has 0 radical (unpaired) electrons. The fourth-order valence-electron chi connectivity index (χ4n) is 3.48. The average molecular weight is 549 g/mol. The molecular formula is C20H28Cl3N9O3. The highest BCUT2D eigenvalue weighted by Crippen LogP contribution is 2.22. The third-order valence-electron chi connectivity index (χ3n) is 5.00. The number of amides is 2. The first-order valence-corrected chi connectivity index (χ1v) is 10.6. The third-order valence-corrected chi connectivity index (χ3v) is 5.28. The Balaban J connectivity index is 0.00000306. The van der Waals surface area contributed by atoms with Gasteiger partial charge in [0.1, 0.15) is 12.3 Å². The fourth-order valence-corrected chi connectivity index (χ4v) is 3.61. The topological polar surface area (TPSA) is 180 Å². The summed E-state index contributed by atoms with van der Waals surface area (Å²) in [5.74, 6) is 0.377. The Morgan fingerprint density at radius 3 is 2.54 bits per heavy atom. The van der Waals surface area contributed by atoms with Gasteiger partial charge in [-0.2, -0.15) is 0 Å². The minimum absolute atomic E-state index is 0. The lowest BCUT2D eigenvalue weighted by Gasteiger charge is -2.08. The number of ether oxygens (including phenoxy) is 1. The zero-order valence-corrected chi connectivity index (χ0v) is 21.5. The van der Waals surface area contributed by atoms with E-state index in [4.69, 9.17) is 33.5 Å². The van der Waals surface area contributed by atoms with Crippen LogP contribution >= 0.6 is 24.0 Å². The van der Waals surface area contributed by atoms with E-state index < -0.39 is 5.91 Å². The molecule has 3 aromatic rings. The maximum Gasteiger partial charge on any atom is 0.277 e. The van der Waals surface area contributed by atoms with Crippen molar-refractivity contribution in [1.82, 2.24) is 25.2 Å². The van der Waals surface area contributed by atoms with Crippen molar-refractivity contribution in [3.05, 3.63) is 34.9 Å². The van der Waals surface area contributed by atoms with Gasteiger partial charge in [-0.1, -0.05) is 11.6 Å². The summed E-state index contributed by atoms with van der Waals surface area (Å²) in [6.07, 6.45) is 0. The highest BCUT2D eigenvalue weighted by molar-refractivity contribution is 6.31. The molecule has 0 atom stereocenters. The van der Waals surface area contributed by atoms with Crippen LogP contribution in [0.15, 0.2) is 18.2 Å². The van der Waals surface area contributed by atoms with E-state index in [0.717, 1.165) is 11.0 Å². The Morgan fingerprint density at radius 1 is 1.20 bits per heavy atom. The first-order chi connectivity index (χ1) is 15.8. The van der Waals surface area contributed by atoms with Gasteiger partial charge in [-0.15, -0.1) is 12.4 Å². The van der Waals surface area contributed by atoms with E-state index in [0.29, 0.717) is 31.2 Å². The van der Waals surface area contributed by atoms with Crippen molar-refractivity contribution >= 4 is 58.5 Å². The number of nitrogens with zero attached hydrogens (tertiary/aromatic N) is 4. The summed E-state index contributed by atoms with van der Waals surface area (Å²) < 4.78 is 9.17. The summed E-state index contributed by atoms with van der Waals surface area (Å²) in [6, 6.07) is 5.55. The van der Waals surface area contributed by atoms with Crippen molar-refractivity contribution in [3.63, 3.8) is 0 Å². The largest absolute Gasteiger partial charge is 1.00 e. The molecule has 2 heterocycles. The van der Waals surface area contributed by atoms with Gasteiger partial charge < -0.3 is 45.0 Å². The highest BCUT2D eigenvalue weighted by atomic mass is 35.5. The summed E-state index contributed by atoms with van der Waals surface area (Å²) in [5, 5.41) is 5.43. The van der Waals surface area contributed by atoms with Crippen molar-refractivity contribution in [3.8, 4) is 5.75 Å². The molecule has 0 saturated heterocycles. The number of hydrogen-bond acceptors (Lipinski definition) is 8. The third kappa shape index (κ3) is 6.54. The lowest BCUT2D eigenvalue weighted by molar-refractivity contribution is -0.667. The van der Waals surface area contributed by atoms with Crippen molar-refractivity contribution in [2.24, 2.45) is 5.73 Å². The molecule has 0 aliphatic rings. The fraction of sp³-hybridized carbons (Fsp3) is 0.350. The van der Waals surface area contributed by atoms with E-state index in [1.807, 2.05) is 34.3 Å². The predicted octanol–water partition coefficient (Wildman–Crippen LogP) is -3.00. The Labute approximate surface area is 219 Å². The van der Waals surface area contributed by atoms with Gasteiger partial charge in [0.2, 0.25) is 0 Å². The van der Waals surface area contributed by atoms with Crippen molar-refractivity contribution in [1.29, 1.82) is 0 Å². The van der Waals surface area contributed by atoms with Gasteiger partial charge in [0.15, 0.2) is 40.1 Å². The van der Waals surface area contributed by atoms with Crippen LogP contribution in [0.5, 0.6) is 5.75 Å². The van der Waals surface area contributed by atoms with Crippen LogP contribution in [-0.2, 0) is 24.4 Å². The molecule has 15 heteroatoms. The molecule has 0 saturated carbocycles. The Morgan fingerprint density at radius 2 is 1.91 bits per heavy atom. The minimum Gasteiger partial charge on any atom is -1.00 e. The second-order valence-corrected chi connectivity index (χ2v) is 7.41. The van der Waals surface area contributed by atoms with Crippen LogP contribution in [0.2, 0.25) is 5.15 Å². The van der Waals surface area contributed by atoms with E-state index in [9.17, 15) is 9.59 Å². The van der Waals surface area contributed by atoms with Crippen LogP contribution in [0.25, 0.3) is 11.0 Å². The molecule has 0 spiro atoms. The van der Waals surface area contributed by atoms with E-state index in [-0.39, 0.29) is 66.3 Å². The quantitative estimate of drug-likeness (QED) is 0.175. The van der Waals surface area contributed by atoms with Crippen LogP contribution in [0.4, 0.5) is 11.6 Å². The Bertz CT molecular complexity index is 1200. The number of rotatable bonds is 9. The van der Waals surface area contributed by atoms with Crippen molar-refractivity contribution in [2.45, 2.75) is 26.6 Å². The molecule has 0 aliphatic carbocycles. The first-order valence-electron chi connectivity index (χ1n) is 10.2. The monoisotopic (exact) mass is 547 g/mol. The molecule has 0 aliphatic heterocycles. The molecule has 8 N–H and O–H groups in total. The number of anilines is 2. The number of halogens is 3. The SMILES string of the molecule is CCn1c(CNC(=O)c2nc(Cl)c(N)nc2N)[n+](CC(=O)NCCN)c2ccc(OC)cc21.Cl.[Cl-]. The van der Waals surface area contributed by atoms with Crippen LogP contribution in [-0.4, -0.2) is 46.5 Å². The Hall–Kier alpha value is -3.06. The number of nitrogens with two attached hydrogens (primary N) is 3. The molecule has 35 heavy (non-hydrogen) atoms. The second kappa shape index (κ2) is 13.1. The number of fused-ring (bicyclic) bond motifs is 1. The van der Waals surface area contributed by atoms with Gasteiger partial charge in [0.25, 0.3) is 17.6 Å². The number of carbonyl (C=O) groups excluding carboxylic acids is 2. The smallest absolute Gasteiger partial charge is 0.277 e. The second-order valence-electron chi connectivity index (χ2n) is 7.06. The number of methoxy groups -OCH3 is 1. The number of imidazole rings is 1. The summed E-state index contributed by atoms with van der Waals surface area (Å²) in [5.41, 5.74) is 18.4. The van der Waals surface area contributed by atoms with E-state index in [2.05, 4.69) is 20.6 Å². The highest BCUT2D eigenvalue weighted by Gasteiger charge is 2.27. The minimum atomic E-state index is -0.577. The lowest BCUT2D eigenvalue weighted by atomic mass is 10.3. The zero-order chi connectivity index (χ0) is 24.1. The average Bonchev–Trinajstić information content (AvgIpc) is 3.09. The van der Waals surface area contributed by atoms with Gasteiger partial charge in [0, 0.05) is 19.2 Å². The van der Waals surface area contributed by atoms with Gasteiger partial charge in [-0.25, -0.2) is 19.1 Å². The standard InChI is InChI=1S/C20H26ClN9O3.2ClH/c1-3-29-13-8-11(33-2)4-5-12(13)30(10-14(31)25-7-6-22)15(29)9-26-20(32)16-18(23)28-19(24)17(21)27-16;;/h4-5,8H,3,6-7,9-10,22H2,1-2H3,(H5-,23,24,25,26,28,31,32);2*1H. The normalized spacial score (nSPS) is 10.3. The maximum absolute atomic E-state index is 12.8. The van der Waals surface area contributed by atoms with Crippen LogP contribution in [0, 0.1) is 0 Å². The number of carbonyl (C=O) groups is 2. The number of aryl methyl sites for hydroxylation is 1. The molecule has 2 aromatic heterocycles. The van der Waals surface area contributed by atoms with E-state index in [1.165, 1.54) is 0 Å². The Kier molecular flexibility index (Phi) is 11.3. The molecule has 0 bridgehead atoms. The van der Waals surface area contributed by atoms with Gasteiger partial charge >= 0.3 is 0 Å². The first kappa shape index (κ1) is 30.0. The molecule has 0 unspecified atom stereocenters. The molecule has 12 nitrogen and oxygen atoms in total. The molecule has 192 valence electrons. The van der Waals surface area contributed by atoms with E-state index in [1.54, 1.807) is 7.11 Å². The van der Waals surface area contributed by atoms with Crippen molar-refractivity contribution < 1.29 is 31.3 Å². The van der Waals surface area contributed by atoms with Crippen LogP contribution in [0.1, 0.15) is 23.2 Å². The molecular weight excluding hydrogens is 521 g/mol. The summed E-state index contributed by atoms with van der Waals surface area (Å²) in [4.78, 5) is 33.0. The summed E-state index contributed by atoms with van der Waals surface area (Å²) in [6.45, 7) is 3.36. The van der Waals surface area contributed by atoms with Crippen LogP contribution in [0.3, 0.4) is 0 Å². The molecule has 3 rings (SSSR count). The maximum atomic E-state index is 12.8. The van der Waals surface area contributed by atoms with Crippen LogP contribution < -0.4 is 49.5 Å². The summed E-state index contributed by atoms with van der Waals surface area (Å²) >= 11 is 5.89. The number of nitrogens with one attached hydrogen (secondary N) is 2. The molecule has 0 fully saturated rings. The lowest BCUT2D eigenvalue weighted by Crippen LogP contribution is -3.00. The number of hydrogen-bond donors (Lipinski definition) is 5. The number of aromatic nitrogens is 4. The van der Waals surface area contributed by atoms with E-state index >= 15 is 0 Å². The zero-order valence-electron chi connectivity index (χ0n) is 19.2. The van der Waals surface area contributed by atoms with Gasteiger partial charge in [0.05, 0.1) is 13.7 Å². The molecule has 2 amide bonds. The number of nitrogen functional groups attached to an aromatic ring is 2. The summed E-state index contributed by atoms with van der Waals surface area (Å²) in [7, 11) is 1.58. The van der Waals surface area contributed by atoms with Gasteiger partial charge in [-0.05, 0) is 19.1 Å². The van der Waals surface area contributed by atoms with Gasteiger partial charge in [-0.3, -0.25) is 9.59 Å². The van der Waals surface area contributed by atoms with Crippen molar-refractivity contribution in [2.75, 3.05) is 31.7 Å². The predicted molar refractivity (Wildman–Crippen MR) is 131 cm³/mol. The molecule has 1 aromatic carbocycles.